The Hall–Kier alpha value is -2.98. The van der Waals surface area contributed by atoms with E-state index in [9.17, 15) is 32.6 Å². The van der Waals surface area contributed by atoms with Crippen LogP contribution in [0.5, 0.6) is 11.5 Å². The second-order valence-electron chi connectivity index (χ2n) is 8.48. The van der Waals surface area contributed by atoms with Gasteiger partial charge < -0.3 is 20.1 Å². The van der Waals surface area contributed by atoms with Crippen molar-refractivity contribution < 1.29 is 42.5 Å². The number of sulfone groups is 1. The molecule has 0 spiro atoms. The minimum absolute atomic E-state index is 0.0284. The van der Waals surface area contributed by atoms with Crippen LogP contribution < -0.4 is 4.74 Å². The fourth-order valence-corrected chi connectivity index (χ4v) is 4.99. The van der Waals surface area contributed by atoms with Crippen LogP contribution in [0.1, 0.15) is 67.6 Å². The average Bonchev–Trinajstić information content (AvgIpc) is 2.79. The first-order chi connectivity index (χ1) is 16.4. The van der Waals surface area contributed by atoms with E-state index >= 15 is 0 Å². The second kappa shape index (κ2) is 12.1. The van der Waals surface area contributed by atoms with Gasteiger partial charge >= 0.3 is 5.97 Å². The SMILES string of the molecule is CCCc1c(O)c(C(C)=O)cc(F)c1OCCCS(=O)(=O)c1ccc([C@H](O)[C@@H](C)CC(=O)O)cc1. The molecular weight excluding hydrogens is 479 g/mol. The third-order valence-electron chi connectivity index (χ3n) is 5.60. The van der Waals surface area contributed by atoms with Crippen molar-refractivity contribution in [3.8, 4) is 11.5 Å². The number of aromatic hydroxyl groups is 1. The zero-order chi connectivity index (χ0) is 26.3. The molecule has 0 saturated carbocycles. The molecular formula is C25H31FO8S. The molecule has 0 fully saturated rings. The van der Waals surface area contributed by atoms with Crippen LogP contribution in [0, 0.1) is 11.7 Å². The molecule has 2 rings (SSSR count). The zero-order valence-corrected chi connectivity index (χ0v) is 20.8. The number of benzene rings is 2. The maximum Gasteiger partial charge on any atom is 0.303 e. The predicted molar refractivity (Wildman–Crippen MR) is 127 cm³/mol. The van der Waals surface area contributed by atoms with Gasteiger partial charge in [0.05, 0.1) is 35.3 Å². The summed E-state index contributed by atoms with van der Waals surface area (Å²) in [6.07, 6.45) is -0.381. The maximum atomic E-state index is 14.6. The zero-order valence-electron chi connectivity index (χ0n) is 20.0. The third-order valence-corrected chi connectivity index (χ3v) is 7.42. The predicted octanol–water partition coefficient (Wildman–Crippen LogP) is 4.07. The summed E-state index contributed by atoms with van der Waals surface area (Å²) < 4.78 is 45.4. The summed E-state index contributed by atoms with van der Waals surface area (Å²) in [6, 6.07) is 6.49. The quantitative estimate of drug-likeness (QED) is 0.271. The molecule has 0 radical (unpaired) electrons. The summed E-state index contributed by atoms with van der Waals surface area (Å²) in [5, 5.41) is 29.5. The van der Waals surface area contributed by atoms with E-state index in [4.69, 9.17) is 9.84 Å². The largest absolute Gasteiger partial charge is 0.507 e. The van der Waals surface area contributed by atoms with Gasteiger partial charge in [0.2, 0.25) is 0 Å². The first-order valence-corrected chi connectivity index (χ1v) is 12.9. The molecule has 8 nitrogen and oxygen atoms in total. The van der Waals surface area contributed by atoms with Gasteiger partial charge in [0.15, 0.2) is 27.2 Å². The normalized spacial score (nSPS) is 13.3. The summed E-state index contributed by atoms with van der Waals surface area (Å²) in [7, 11) is -3.70. The van der Waals surface area contributed by atoms with E-state index in [1.807, 2.05) is 6.92 Å². The van der Waals surface area contributed by atoms with Gasteiger partial charge in [-0.05, 0) is 49.4 Å². The van der Waals surface area contributed by atoms with Gasteiger partial charge in [-0.25, -0.2) is 12.8 Å². The van der Waals surface area contributed by atoms with Crippen molar-refractivity contribution in [3.63, 3.8) is 0 Å². The monoisotopic (exact) mass is 510 g/mol. The molecule has 0 saturated heterocycles. The van der Waals surface area contributed by atoms with Gasteiger partial charge in [0, 0.05) is 5.56 Å². The molecule has 192 valence electrons. The van der Waals surface area contributed by atoms with Crippen LogP contribution >= 0.6 is 0 Å². The molecule has 0 heterocycles. The smallest absolute Gasteiger partial charge is 0.303 e. The molecule has 0 aliphatic rings. The number of ether oxygens (including phenoxy) is 1. The van der Waals surface area contributed by atoms with Crippen molar-refractivity contribution in [2.24, 2.45) is 5.92 Å². The number of aliphatic carboxylic acids is 1. The molecule has 35 heavy (non-hydrogen) atoms. The number of aliphatic hydroxyl groups excluding tert-OH is 1. The Labute approximate surface area is 204 Å². The number of hydrogen-bond donors (Lipinski definition) is 3. The van der Waals surface area contributed by atoms with Gasteiger partial charge in [-0.3, -0.25) is 9.59 Å². The van der Waals surface area contributed by atoms with Gasteiger partial charge in [0.1, 0.15) is 5.75 Å². The lowest BCUT2D eigenvalue weighted by molar-refractivity contribution is -0.139. The van der Waals surface area contributed by atoms with Gasteiger partial charge in [0.25, 0.3) is 0 Å². The number of carbonyl (C=O) groups is 2. The number of hydrogen-bond acceptors (Lipinski definition) is 7. The number of ketones is 1. The molecule has 0 aliphatic carbocycles. The standard InChI is InChI=1S/C25H31FO8S/c1-4-6-19-24(31)20(16(3)27)14-21(26)25(19)34-11-5-12-35(32,33)18-9-7-17(8-10-18)23(30)15(2)13-22(28)29/h7-10,14-15,23,30-31H,4-6,11-13H2,1-3H3,(H,28,29)/t15-,23+/m0/s1. The lowest BCUT2D eigenvalue weighted by atomic mass is 9.95. The van der Waals surface area contributed by atoms with E-state index in [1.165, 1.54) is 31.2 Å². The summed E-state index contributed by atoms with van der Waals surface area (Å²) in [5.74, 6) is -3.67. The Balaban J connectivity index is 2.06. The van der Waals surface area contributed by atoms with Crippen molar-refractivity contribution in [1.29, 1.82) is 0 Å². The molecule has 0 bridgehead atoms. The highest BCUT2D eigenvalue weighted by atomic mass is 32.2. The van der Waals surface area contributed by atoms with Crippen LogP contribution in [0.25, 0.3) is 0 Å². The molecule has 0 unspecified atom stereocenters. The number of carboxylic acid groups (broad SMARTS) is 1. The van der Waals surface area contributed by atoms with E-state index in [0.717, 1.165) is 6.07 Å². The number of halogens is 1. The molecule has 0 aromatic heterocycles. The van der Waals surface area contributed by atoms with Crippen LogP contribution in [-0.2, 0) is 21.1 Å². The van der Waals surface area contributed by atoms with E-state index < -0.39 is 39.4 Å². The number of aliphatic hydroxyl groups is 1. The van der Waals surface area contributed by atoms with Gasteiger partial charge in [-0.2, -0.15) is 0 Å². The van der Waals surface area contributed by atoms with E-state index in [0.29, 0.717) is 12.0 Å². The van der Waals surface area contributed by atoms with E-state index in [2.05, 4.69) is 0 Å². The average molecular weight is 511 g/mol. The summed E-state index contributed by atoms with van der Waals surface area (Å²) >= 11 is 0. The highest BCUT2D eigenvalue weighted by molar-refractivity contribution is 7.91. The lowest BCUT2D eigenvalue weighted by Gasteiger charge is -2.18. The van der Waals surface area contributed by atoms with Crippen LogP contribution in [0.15, 0.2) is 35.2 Å². The Morgan fingerprint density at radius 2 is 1.80 bits per heavy atom. The molecule has 3 N–H and O–H groups in total. The third kappa shape index (κ3) is 7.25. The number of phenols is 1. The van der Waals surface area contributed by atoms with Crippen molar-refractivity contribution in [3.05, 3.63) is 52.8 Å². The molecule has 2 atom stereocenters. The number of phenolic OH excluding ortho intramolecular Hbond substituents is 1. The van der Waals surface area contributed by atoms with Crippen LogP contribution in [-0.4, -0.2) is 47.8 Å². The number of Topliss-reactive ketones (excluding diaryl/α,β-unsaturated/α-hetero) is 1. The Morgan fingerprint density at radius 1 is 1.17 bits per heavy atom. The Bertz CT molecular complexity index is 1160. The van der Waals surface area contributed by atoms with E-state index in [1.54, 1.807) is 6.92 Å². The number of carboxylic acids is 1. The van der Waals surface area contributed by atoms with Crippen molar-refractivity contribution >= 4 is 21.6 Å². The highest BCUT2D eigenvalue weighted by Crippen LogP contribution is 2.36. The van der Waals surface area contributed by atoms with Crippen molar-refractivity contribution in [2.75, 3.05) is 12.4 Å². The minimum atomic E-state index is -3.70. The van der Waals surface area contributed by atoms with Crippen molar-refractivity contribution in [1.82, 2.24) is 0 Å². The number of carbonyl (C=O) groups excluding carboxylic acids is 1. The molecule has 2 aromatic carbocycles. The fourth-order valence-electron chi connectivity index (χ4n) is 3.71. The fraction of sp³-hybridized carbons (Fsp3) is 0.440. The van der Waals surface area contributed by atoms with Gasteiger partial charge in [-0.1, -0.05) is 32.4 Å². The molecule has 0 amide bonds. The summed E-state index contributed by atoms with van der Waals surface area (Å²) in [5.41, 5.74) is 0.451. The lowest BCUT2D eigenvalue weighted by Crippen LogP contribution is -2.14. The topological polar surface area (TPSA) is 138 Å². The highest BCUT2D eigenvalue weighted by Gasteiger charge is 2.23. The maximum absolute atomic E-state index is 14.6. The number of rotatable bonds is 13. The van der Waals surface area contributed by atoms with Crippen LogP contribution in [0.2, 0.25) is 0 Å². The molecule has 10 heteroatoms. The summed E-state index contributed by atoms with van der Waals surface area (Å²) in [6.45, 7) is 4.51. The first-order valence-electron chi connectivity index (χ1n) is 11.3. The second-order valence-corrected chi connectivity index (χ2v) is 10.6. The van der Waals surface area contributed by atoms with E-state index in [-0.39, 0.29) is 59.1 Å². The van der Waals surface area contributed by atoms with Crippen molar-refractivity contribution in [2.45, 2.75) is 57.5 Å². The van der Waals surface area contributed by atoms with Gasteiger partial charge in [-0.15, -0.1) is 0 Å². The van der Waals surface area contributed by atoms with Crippen LogP contribution in [0.3, 0.4) is 0 Å². The minimum Gasteiger partial charge on any atom is -0.507 e. The first kappa shape index (κ1) is 28.3. The molecule has 0 aliphatic heterocycles. The summed E-state index contributed by atoms with van der Waals surface area (Å²) in [4.78, 5) is 22.5. The Morgan fingerprint density at radius 3 is 2.34 bits per heavy atom. The molecule has 2 aromatic rings. The Kier molecular flexibility index (Phi) is 9.79. The van der Waals surface area contributed by atoms with Crippen LogP contribution in [0.4, 0.5) is 4.39 Å².